The second-order valence-electron chi connectivity index (χ2n) is 9.72. The largest absolute Gasteiger partial charge is 0.484 e. The van der Waals surface area contributed by atoms with Crippen molar-refractivity contribution < 1.29 is 9.53 Å². The van der Waals surface area contributed by atoms with Crippen LogP contribution in [0.5, 0.6) is 5.75 Å². The highest BCUT2D eigenvalue weighted by atomic mass is 32.1. The third-order valence-corrected chi connectivity index (χ3v) is 8.39. The monoisotopic (exact) mass is 478 g/mol. The lowest BCUT2D eigenvalue weighted by Crippen LogP contribution is -2.50. The molecule has 3 heterocycles. The van der Waals surface area contributed by atoms with Crippen LogP contribution in [0.2, 0.25) is 0 Å². The van der Waals surface area contributed by atoms with Gasteiger partial charge in [-0.3, -0.25) is 4.79 Å². The van der Waals surface area contributed by atoms with E-state index in [2.05, 4.69) is 25.7 Å². The molecule has 1 fully saturated rings. The fourth-order valence-electron chi connectivity index (χ4n) is 4.89. The highest BCUT2D eigenvalue weighted by molar-refractivity contribution is 7.19. The van der Waals surface area contributed by atoms with E-state index in [1.54, 1.807) is 0 Å². The number of fused-ring (bicyclic) bond motifs is 3. The SMILES string of the molecule is CC[C@@H](C)c1nc(N2CCN(C(=O)COc3ccccc3)CC2)c2c3c(sc2n1)C[C@@H](C)CC3. The lowest BCUT2D eigenvalue weighted by Gasteiger charge is -2.36. The molecule has 5 rings (SSSR count). The summed E-state index contributed by atoms with van der Waals surface area (Å²) in [6.45, 7) is 9.77. The van der Waals surface area contributed by atoms with Gasteiger partial charge in [-0.25, -0.2) is 9.97 Å². The van der Waals surface area contributed by atoms with Crippen LogP contribution < -0.4 is 9.64 Å². The summed E-state index contributed by atoms with van der Waals surface area (Å²) < 4.78 is 5.68. The number of hydrogen-bond acceptors (Lipinski definition) is 6. The molecule has 6 nitrogen and oxygen atoms in total. The summed E-state index contributed by atoms with van der Waals surface area (Å²) >= 11 is 1.87. The van der Waals surface area contributed by atoms with Crippen molar-refractivity contribution in [1.29, 1.82) is 0 Å². The second-order valence-corrected chi connectivity index (χ2v) is 10.8. The number of hydrogen-bond donors (Lipinski definition) is 0. The first-order valence-electron chi connectivity index (χ1n) is 12.6. The first-order valence-corrected chi connectivity index (χ1v) is 13.4. The second kappa shape index (κ2) is 9.90. The Morgan fingerprint density at radius 2 is 1.94 bits per heavy atom. The number of piperazine rings is 1. The molecule has 1 aliphatic heterocycles. The summed E-state index contributed by atoms with van der Waals surface area (Å²) in [5, 5.41) is 1.27. The molecule has 3 aromatic rings. The summed E-state index contributed by atoms with van der Waals surface area (Å²) in [5.41, 5.74) is 1.47. The van der Waals surface area contributed by atoms with E-state index < -0.39 is 0 Å². The number of amides is 1. The quantitative estimate of drug-likeness (QED) is 0.496. The van der Waals surface area contributed by atoms with E-state index in [1.807, 2.05) is 46.6 Å². The molecule has 7 heteroatoms. The first-order chi connectivity index (χ1) is 16.5. The zero-order valence-electron chi connectivity index (χ0n) is 20.4. The van der Waals surface area contributed by atoms with Gasteiger partial charge in [-0.1, -0.05) is 39.0 Å². The van der Waals surface area contributed by atoms with Crippen LogP contribution in [0.15, 0.2) is 30.3 Å². The van der Waals surface area contributed by atoms with Gasteiger partial charge in [0, 0.05) is 37.0 Å². The number of ether oxygens (including phenoxy) is 1. The molecule has 34 heavy (non-hydrogen) atoms. The van der Waals surface area contributed by atoms with Crippen LogP contribution >= 0.6 is 11.3 Å². The van der Waals surface area contributed by atoms with Crippen molar-refractivity contribution in [2.75, 3.05) is 37.7 Å². The predicted molar refractivity (Wildman–Crippen MR) is 138 cm³/mol. The Balaban J connectivity index is 1.35. The molecule has 1 saturated heterocycles. The van der Waals surface area contributed by atoms with Crippen LogP contribution in [0.3, 0.4) is 0 Å². The third-order valence-electron chi connectivity index (χ3n) is 7.24. The number of aromatic nitrogens is 2. The maximum absolute atomic E-state index is 12.7. The van der Waals surface area contributed by atoms with Gasteiger partial charge in [-0.15, -0.1) is 11.3 Å². The maximum Gasteiger partial charge on any atom is 0.260 e. The summed E-state index contributed by atoms with van der Waals surface area (Å²) in [6, 6.07) is 9.53. The topological polar surface area (TPSA) is 58.6 Å². The molecule has 1 aromatic carbocycles. The zero-order valence-corrected chi connectivity index (χ0v) is 21.2. The van der Waals surface area contributed by atoms with E-state index >= 15 is 0 Å². The van der Waals surface area contributed by atoms with Crippen LogP contribution in [0.1, 0.15) is 55.8 Å². The summed E-state index contributed by atoms with van der Waals surface area (Å²) in [6.07, 6.45) is 4.52. The van der Waals surface area contributed by atoms with Crippen molar-refractivity contribution in [3.8, 4) is 5.75 Å². The van der Waals surface area contributed by atoms with Crippen molar-refractivity contribution in [3.63, 3.8) is 0 Å². The molecule has 0 N–H and O–H groups in total. The Bertz CT molecular complexity index is 1150. The Morgan fingerprint density at radius 1 is 1.18 bits per heavy atom. The third kappa shape index (κ3) is 4.63. The van der Waals surface area contributed by atoms with Crippen molar-refractivity contribution in [2.45, 2.75) is 52.4 Å². The fraction of sp³-hybridized carbons (Fsp3) is 0.519. The van der Waals surface area contributed by atoms with Gasteiger partial charge < -0.3 is 14.5 Å². The van der Waals surface area contributed by atoms with Gasteiger partial charge in [0.25, 0.3) is 5.91 Å². The normalized spacial score (nSPS) is 19.2. The highest BCUT2D eigenvalue weighted by Crippen LogP contribution is 2.41. The molecule has 2 aromatic heterocycles. The number of carbonyl (C=O) groups is 1. The molecule has 0 radical (unpaired) electrons. The van der Waals surface area contributed by atoms with Gasteiger partial charge in [-0.05, 0) is 49.3 Å². The number of benzene rings is 1. The number of rotatable bonds is 6. The van der Waals surface area contributed by atoms with E-state index in [0.717, 1.165) is 60.5 Å². The molecule has 0 unspecified atom stereocenters. The maximum atomic E-state index is 12.7. The van der Waals surface area contributed by atoms with Gasteiger partial charge in [0.05, 0.1) is 5.39 Å². The van der Waals surface area contributed by atoms with E-state index in [9.17, 15) is 4.79 Å². The minimum Gasteiger partial charge on any atom is -0.484 e. The average Bonchev–Trinajstić information content (AvgIpc) is 3.24. The van der Waals surface area contributed by atoms with Gasteiger partial charge in [0.1, 0.15) is 22.2 Å². The Labute approximate surface area is 206 Å². The summed E-state index contributed by atoms with van der Waals surface area (Å²) in [7, 11) is 0. The van der Waals surface area contributed by atoms with Gasteiger partial charge >= 0.3 is 0 Å². The number of aryl methyl sites for hydroxylation is 1. The van der Waals surface area contributed by atoms with Crippen molar-refractivity contribution in [2.24, 2.45) is 5.92 Å². The summed E-state index contributed by atoms with van der Waals surface area (Å²) in [4.78, 5) is 29.8. The summed E-state index contributed by atoms with van der Waals surface area (Å²) in [5.74, 6) is 3.87. The molecule has 0 saturated carbocycles. The Morgan fingerprint density at radius 3 is 2.68 bits per heavy atom. The number of para-hydroxylation sites is 1. The zero-order chi connectivity index (χ0) is 23.7. The van der Waals surface area contributed by atoms with E-state index in [4.69, 9.17) is 14.7 Å². The molecule has 1 aliphatic carbocycles. The Hall–Kier alpha value is -2.67. The molecule has 1 amide bonds. The number of thiophene rings is 1. The van der Waals surface area contributed by atoms with E-state index in [1.165, 1.54) is 22.2 Å². The van der Waals surface area contributed by atoms with E-state index in [0.29, 0.717) is 19.0 Å². The number of nitrogens with zero attached hydrogens (tertiary/aromatic N) is 4. The van der Waals surface area contributed by atoms with Crippen molar-refractivity contribution in [3.05, 3.63) is 46.6 Å². The van der Waals surface area contributed by atoms with Gasteiger partial charge in [-0.2, -0.15) is 0 Å². The van der Waals surface area contributed by atoms with Crippen LogP contribution in [-0.2, 0) is 17.6 Å². The highest BCUT2D eigenvalue weighted by Gasteiger charge is 2.29. The fourth-order valence-corrected chi connectivity index (χ4v) is 6.28. The number of carbonyl (C=O) groups excluding carboxylic acids is 1. The van der Waals surface area contributed by atoms with Crippen LogP contribution in [0.4, 0.5) is 5.82 Å². The molecule has 2 aliphatic rings. The lowest BCUT2D eigenvalue weighted by molar-refractivity contribution is -0.133. The van der Waals surface area contributed by atoms with E-state index in [-0.39, 0.29) is 12.5 Å². The first kappa shape index (κ1) is 23.1. The minimum atomic E-state index is 0.0403. The molecule has 0 spiro atoms. The average molecular weight is 479 g/mol. The molecule has 180 valence electrons. The van der Waals surface area contributed by atoms with Crippen molar-refractivity contribution >= 4 is 33.3 Å². The number of anilines is 1. The standard InChI is InChI=1S/C27H34N4O2S/c1-4-19(3)25-28-26(24-21-11-10-18(2)16-22(21)34-27(24)29-25)31-14-12-30(13-15-31)23(32)17-33-20-8-6-5-7-9-20/h5-9,18-19H,4,10-17H2,1-3H3/t18-,19+/m0/s1. The smallest absolute Gasteiger partial charge is 0.260 e. The predicted octanol–water partition coefficient (Wildman–Crippen LogP) is 5.06. The van der Waals surface area contributed by atoms with Gasteiger partial charge in [0.2, 0.25) is 0 Å². The lowest BCUT2D eigenvalue weighted by atomic mass is 9.89. The molecular formula is C27H34N4O2S. The molecule has 2 atom stereocenters. The van der Waals surface area contributed by atoms with Crippen LogP contribution in [0, 0.1) is 5.92 Å². The molecular weight excluding hydrogens is 444 g/mol. The van der Waals surface area contributed by atoms with Crippen LogP contribution in [-0.4, -0.2) is 53.6 Å². The Kier molecular flexibility index (Phi) is 6.73. The van der Waals surface area contributed by atoms with Crippen LogP contribution in [0.25, 0.3) is 10.2 Å². The van der Waals surface area contributed by atoms with Crippen molar-refractivity contribution in [1.82, 2.24) is 14.9 Å². The van der Waals surface area contributed by atoms with Gasteiger partial charge in [0.15, 0.2) is 6.61 Å². The molecule has 0 bridgehead atoms. The minimum absolute atomic E-state index is 0.0403.